The molecule has 1 amide bonds. The molecule has 0 aromatic heterocycles. The van der Waals surface area contributed by atoms with E-state index in [1.54, 1.807) is 24.3 Å². The highest BCUT2D eigenvalue weighted by atomic mass is 127. The highest BCUT2D eigenvalue weighted by Crippen LogP contribution is 2.15. The summed E-state index contributed by atoms with van der Waals surface area (Å²) in [6.45, 7) is 0.900. The minimum absolute atomic E-state index is 0.243. The summed E-state index contributed by atoms with van der Waals surface area (Å²) < 4.78 is 6.87. The fraction of sp³-hybridized carbons (Fsp3) is 0.176. The Hall–Kier alpha value is -2.11. The molecule has 0 aliphatic carbocycles. The maximum absolute atomic E-state index is 11.8. The lowest BCUT2D eigenvalue weighted by molar-refractivity contribution is 0.0933. The van der Waals surface area contributed by atoms with Crippen molar-refractivity contribution < 1.29 is 9.53 Å². The predicted molar refractivity (Wildman–Crippen MR) is 95.6 cm³/mol. The van der Waals surface area contributed by atoms with E-state index >= 15 is 0 Å². The number of rotatable bonds is 7. The normalized spacial score (nSPS) is 9.91. The molecule has 0 bridgehead atoms. The van der Waals surface area contributed by atoms with Gasteiger partial charge in [-0.3, -0.25) is 10.2 Å². The number of carbonyl (C=O) groups is 1. The Kier molecular flexibility index (Phi) is 6.84. The Morgan fingerprint density at radius 2 is 2.00 bits per heavy atom. The first-order chi connectivity index (χ1) is 11.2. The van der Waals surface area contributed by atoms with Gasteiger partial charge in [-0.1, -0.05) is 12.1 Å². The zero-order valence-electron chi connectivity index (χ0n) is 12.4. The monoisotopic (exact) mass is 421 g/mol. The molecule has 2 N–H and O–H groups in total. The number of carbonyl (C=O) groups excluding carboxylic acids is 1. The number of hydrogen-bond acceptors (Lipinski definition) is 4. The van der Waals surface area contributed by atoms with Crippen LogP contribution in [0.15, 0.2) is 48.5 Å². The van der Waals surface area contributed by atoms with Crippen molar-refractivity contribution in [3.05, 3.63) is 63.2 Å². The first-order valence-electron chi connectivity index (χ1n) is 7.06. The Balaban J connectivity index is 1.84. The number of nitriles is 1. The number of halogens is 1. The molecule has 0 heterocycles. The summed E-state index contributed by atoms with van der Waals surface area (Å²) in [5.41, 5.74) is 6.85. The van der Waals surface area contributed by atoms with Crippen LogP contribution >= 0.6 is 22.6 Å². The van der Waals surface area contributed by atoms with Gasteiger partial charge in [0, 0.05) is 22.1 Å². The number of ether oxygens (including phenoxy) is 1. The summed E-state index contributed by atoms with van der Waals surface area (Å²) in [5.74, 6) is 0.463. The van der Waals surface area contributed by atoms with Crippen molar-refractivity contribution in [1.29, 1.82) is 5.26 Å². The van der Waals surface area contributed by atoms with Crippen molar-refractivity contribution >= 4 is 28.5 Å². The Labute approximate surface area is 148 Å². The third-order valence-electron chi connectivity index (χ3n) is 2.97. The lowest BCUT2D eigenvalue weighted by atomic mass is 10.2. The number of benzene rings is 2. The van der Waals surface area contributed by atoms with Crippen LogP contribution in [0.25, 0.3) is 0 Å². The summed E-state index contributed by atoms with van der Waals surface area (Å²) in [6.07, 6.45) is 0.339. The van der Waals surface area contributed by atoms with Gasteiger partial charge in [0.15, 0.2) is 0 Å². The molecular weight excluding hydrogens is 405 g/mol. The third kappa shape index (κ3) is 5.88. The van der Waals surface area contributed by atoms with E-state index in [0.717, 1.165) is 5.56 Å². The van der Waals surface area contributed by atoms with Gasteiger partial charge in [0.05, 0.1) is 6.07 Å². The van der Waals surface area contributed by atoms with E-state index in [0.29, 0.717) is 30.9 Å². The molecule has 118 valence electrons. The molecule has 2 aromatic carbocycles. The van der Waals surface area contributed by atoms with E-state index in [4.69, 9.17) is 10.00 Å². The molecule has 0 fully saturated rings. The van der Waals surface area contributed by atoms with Crippen LogP contribution in [0, 0.1) is 14.9 Å². The van der Waals surface area contributed by atoms with Crippen LogP contribution in [0.3, 0.4) is 0 Å². The fourth-order valence-electron chi connectivity index (χ4n) is 1.83. The highest BCUT2D eigenvalue weighted by Gasteiger charge is 2.05. The van der Waals surface area contributed by atoms with E-state index in [9.17, 15) is 4.79 Å². The smallest absolute Gasteiger partial charge is 0.265 e. The molecule has 0 saturated heterocycles. The minimum Gasteiger partial charge on any atom is -0.489 e. The van der Waals surface area contributed by atoms with Crippen LogP contribution in [0.1, 0.15) is 22.3 Å². The van der Waals surface area contributed by atoms with Gasteiger partial charge in [-0.2, -0.15) is 5.26 Å². The summed E-state index contributed by atoms with van der Waals surface area (Å²) in [7, 11) is 0. The van der Waals surface area contributed by atoms with Gasteiger partial charge >= 0.3 is 0 Å². The second-order valence-corrected chi connectivity index (χ2v) is 5.98. The fourth-order valence-corrected chi connectivity index (χ4v) is 2.44. The summed E-state index contributed by atoms with van der Waals surface area (Å²) in [6, 6.07) is 17.0. The SMILES string of the molecule is N#CCCNNC(=O)c1ccc(OCc2cccc(I)c2)cc1. The molecule has 0 unspecified atom stereocenters. The van der Waals surface area contributed by atoms with Crippen LogP contribution in [-0.2, 0) is 6.61 Å². The molecule has 0 saturated carbocycles. The number of nitrogens with one attached hydrogen (secondary N) is 2. The van der Waals surface area contributed by atoms with E-state index in [1.165, 1.54) is 3.57 Å². The first kappa shape index (κ1) is 17.2. The average Bonchev–Trinajstić information content (AvgIpc) is 2.57. The van der Waals surface area contributed by atoms with E-state index in [1.807, 2.05) is 24.3 Å². The van der Waals surface area contributed by atoms with Gasteiger partial charge in [0.2, 0.25) is 0 Å². The second-order valence-electron chi connectivity index (χ2n) is 4.73. The molecule has 0 aliphatic rings. The molecule has 0 aliphatic heterocycles. The van der Waals surface area contributed by atoms with Gasteiger partial charge in [0.25, 0.3) is 5.91 Å². The summed E-state index contributed by atoms with van der Waals surface area (Å²) in [5, 5.41) is 8.41. The van der Waals surface area contributed by atoms with Gasteiger partial charge in [0.1, 0.15) is 12.4 Å². The van der Waals surface area contributed by atoms with Crippen molar-refractivity contribution in [3.8, 4) is 11.8 Å². The molecular formula is C17H16IN3O2. The lowest BCUT2D eigenvalue weighted by Crippen LogP contribution is -2.37. The molecule has 6 heteroatoms. The van der Waals surface area contributed by atoms with E-state index < -0.39 is 0 Å². The minimum atomic E-state index is -0.243. The van der Waals surface area contributed by atoms with Crippen molar-refractivity contribution in [1.82, 2.24) is 10.9 Å². The van der Waals surface area contributed by atoms with Gasteiger partial charge in [-0.15, -0.1) is 0 Å². The number of hydrazine groups is 1. The van der Waals surface area contributed by atoms with Gasteiger partial charge < -0.3 is 4.74 Å². The molecule has 0 radical (unpaired) electrons. The van der Waals surface area contributed by atoms with Crippen LogP contribution in [0.5, 0.6) is 5.75 Å². The number of amides is 1. The number of hydrogen-bond donors (Lipinski definition) is 2. The Morgan fingerprint density at radius 3 is 2.70 bits per heavy atom. The van der Waals surface area contributed by atoms with Gasteiger partial charge in [-0.05, 0) is 64.6 Å². The van der Waals surface area contributed by atoms with Crippen LogP contribution < -0.4 is 15.6 Å². The van der Waals surface area contributed by atoms with Crippen LogP contribution in [0.4, 0.5) is 0 Å². The third-order valence-corrected chi connectivity index (χ3v) is 3.65. The number of nitrogens with zero attached hydrogens (tertiary/aromatic N) is 1. The summed E-state index contributed by atoms with van der Waals surface area (Å²) >= 11 is 2.26. The van der Waals surface area contributed by atoms with Crippen molar-refractivity contribution in [3.63, 3.8) is 0 Å². The van der Waals surface area contributed by atoms with Gasteiger partial charge in [-0.25, -0.2) is 5.43 Å². The first-order valence-corrected chi connectivity index (χ1v) is 8.14. The molecule has 2 aromatic rings. The van der Waals surface area contributed by atoms with Crippen molar-refractivity contribution in [2.75, 3.05) is 6.54 Å². The highest BCUT2D eigenvalue weighted by molar-refractivity contribution is 14.1. The molecule has 2 rings (SSSR count). The second kappa shape index (κ2) is 9.12. The zero-order valence-corrected chi connectivity index (χ0v) is 14.5. The summed E-state index contributed by atoms with van der Waals surface area (Å²) in [4.78, 5) is 11.8. The molecule has 23 heavy (non-hydrogen) atoms. The van der Waals surface area contributed by atoms with E-state index in [-0.39, 0.29) is 5.91 Å². The van der Waals surface area contributed by atoms with E-state index in [2.05, 4.69) is 39.5 Å². The zero-order chi connectivity index (χ0) is 16.5. The largest absolute Gasteiger partial charge is 0.489 e. The maximum Gasteiger partial charge on any atom is 0.265 e. The Morgan fingerprint density at radius 1 is 1.22 bits per heavy atom. The van der Waals surface area contributed by atoms with Crippen LogP contribution in [-0.4, -0.2) is 12.5 Å². The average molecular weight is 421 g/mol. The lowest BCUT2D eigenvalue weighted by Gasteiger charge is -2.08. The molecule has 0 atom stereocenters. The van der Waals surface area contributed by atoms with Crippen molar-refractivity contribution in [2.24, 2.45) is 0 Å². The standard InChI is InChI=1S/C17H16IN3O2/c18-15-4-1-3-13(11-15)12-23-16-7-5-14(6-8-16)17(22)21-20-10-2-9-19/h1,3-8,11,20H,2,10,12H2,(H,21,22). The molecule has 5 nitrogen and oxygen atoms in total. The predicted octanol–water partition coefficient (Wildman–Crippen LogP) is 3.02. The molecule has 0 spiro atoms. The maximum atomic E-state index is 11.8. The topological polar surface area (TPSA) is 74.2 Å². The van der Waals surface area contributed by atoms with Crippen molar-refractivity contribution in [2.45, 2.75) is 13.0 Å². The quantitative estimate of drug-likeness (QED) is 0.410. The van der Waals surface area contributed by atoms with Crippen LogP contribution in [0.2, 0.25) is 0 Å². The Bertz CT molecular complexity index is 696.